The first-order valence-electron chi connectivity index (χ1n) is 8.04. The number of halogens is 1. The summed E-state index contributed by atoms with van der Waals surface area (Å²) in [4.78, 5) is 18.8. The quantitative estimate of drug-likeness (QED) is 0.717. The minimum absolute atomic E-state index is 0.0111. The third kappa shape index (κ3) is 2.67. The number of aromatic amines is 2. The van der Waals surface area contributed by atoms with Gasteiger partial charge in [-0.1, -0.05) is 11.6 Å². The molecule has 132 valence electrons. The number of H-pyrrole nitrogens is 2. The molecule has 6 nitrogen and oxygen atoms in total. The van der Waals surface area contributed by atoms with Crippen LogP contribution in [-0.2, 0) is 10.0 Å². The fraction of sp³-hybridized carbons (Fsp3) is 0.353. The van der Waals surface area contributed by atoms with E-state index in [0.717, 1.165) is 27.5 Å². The van der Waals surface area contributed by atoms with E-state index in [1.54, 1.807) is 13.0 Å². The average Bonchev–Trinajstić information content (AvgIpc) is 3.13. The second kappa shape index (κ2) is 5.59. The smallest absolute Gasteiger partial charge is 0.251 e. The highest BCUT2D eigenvalue weighted by atomic mass is 35.5. The van der Waals surface area contributed by atoms with Crippen LogP contribution in [0.5, 0.6) is 0 Å². The van der Waals surface area contributed by atoms with E-state index in [4.69, 9.17) is 11.6 Å². The monoisotopic (exact) mass is 379 g/mol. The summed E-state index contributed by atoms with van der Waals surface area (Å²) in [6, 6.07) is 5.50. The predicted molar refractivity (Wildman–Crippen MR) is 99.9 cm³/mol. The van der Waals surface area contributed by atoms with Crippen LogP contribution in [0.15, 0.2) is 23.0 Å². The zero-order chi connectivity index (χ0) is 17.9. The number of aromatic nitrogens is 2. The summed E-state index contributed by atoms with van der Waals surface area (Å²) >= 11 is 6.10. The van der Waals surface area contributed by atoms with Gasteiger partial charge >= 0.3 is 0 Å². The van der Waals surface area contributed by atoms with Gasteiger partial charge in [-0.15, -0.1) is 0 Å². The van der Waals surface area contributed by atoms with E-state index in [2.05, 4.69) is 9.97 Å². The lowest BCUT2D eigenvalue weighted by atomic mass is 9.94. The van der Waals surface area contributed by atoms with Gasteiger partial charge in [-0.25, -0.2) is 12.7 Å². The Morgan fingerprint density at radius 1 is 1.24 bits per heavy atom. The number of rotatable bonds is 2. The molecule has 3 aromatic rings. The van der Waals surface area contributed by atoms with Gasteiger partial charge in [0.25, 0.3) is 5.56 Å². The summed E-state index contributed by atoms with van der Waals surface area (Å²) in [5.41, 5.74) is 3.85. The fourth-order valence-corrected chi connectivity index (χ4v) is 4.85. The van der Waals surface area contributed by atoms with Gasteiger partial charge < -0.3 is 9.97 Å². The van der Waals surface area contributed by atoms with E-state index < -0.39 is 10.0 Å². The van der Waals surface area contributed by atoms with E-state index in [-0.39, 0.29) is 11.5 Å². The molecule has 1 aromatic carbocycles. The second-order valence-corrected chi connectivity index (χ2v) is 9.08. The summed E-state index contributed by atoms with van der Waals surface area (Å²) < 4.78 is 25.2. The third-order valence-electron chi connectivity index (χ3n) is 5.04. The Morgan fingerprint density at radius 2 is 2.00 bits per heavy atom. The largest absolute Gasteiger partial charge is 0.353 e. The average molecular weight is 380 g/mol. The Bertz CT molecular complexity index is 1160. The van der Waals surface area contributed by atoms with Crippen molar-refractivity contribution >= 4 is 43.6 Å². The molecule has 1 saturated heterocycles. The molecule has 2 aromatic heterocycles. The van der Waals surface area contributed by atoms with Crippen LogP contribution < -0.4 is 5.56 Å². The minimum atomic E-state index is -3.23. The molecule has 1 unspecified atom stereocenters. The van der Waals surface area contributed by atoms with Gasteiger partial charge in [-0.05, 0) is 37.1 Å². The third-order valence-corrected chi connectivity index (χ3v) is 6.55. The lowest BCUT2D eigenvalue weighted by Gasteiger charge is -2.16. The van der Waals surface area contributed by atoms with Crippen LogP contribution in [0.4, 0.5) is 0 Å². The molecule has 0 bridgehead atoms. The van der Waals surface area contributed by atoms with Crippen molar-refractivity contribution < 1.29 is 8.42 Å². The lowest BCUT2D eigenvalue weighted by molar-refractivity contribution is 0.478. The first kappa shape index (κ1) is 16.6. The number of pyridine rings is 1. The summed E-state index contributed by atoms with van der Waals surface area (Å²) in [5.74, 6) is -0.0111. The molecule has 0 saturated carbocycles. The number of sulfonamides is 1. The van der Waals surface area contributed by atoms with Gasteiger partial charge in [0.1, 0.15) is 0 Å². The number of hydrogen-bond donors (Lipinski definition) is 2. The molecule has 1 aliphatic heterocycles. The molecule has 0 spiro atoms. The van der Waals surface area contributed by atoms with Gasteiger partial charge in [0, 0.05) is 40.5 Å². The highest BCUT2D eigenvalue weighted by molar-refractivity contribution is 7.88. The Kier molecular flexibility index (Phi) is 3.72. The van der Waals surface area contributed by atoms with Crippen molar-refractivity contribution in [1.82, 2.24) is 14.3 Å². The minimum Gasteiger partial charge on any atom is -0.353 e. The van der Waals surface area contributed by atoms with Crippen LogP contribution in [0.2, 0.25) is 5.02 Å². The van der Waals surface area contributed by atoms with Crippen LogP contribution >= 0.6 is 11.6 Å². The van der Waals surface area contributed by atoms with Crippen molar-refractivity contribution in [2.45, 2.75) is 19.3 Å². The van der Waals surface area contributed by atoms with Gasteiger partial charge in [-0.3, -0.25) is 4.79 Å². The SMILES string of the molecule is Cc1c(C2CCN(S(C)(=O)=O)C2)c2[nH]c3ccc(Cl)cc3c2[nH]c1=O. The van der Waals surface area contributed by atoms with Crippen molar-refractivity contribution in [2.75, 3.05) is 19.3 Å². The Labute approximate surface area is 149 Å². The van der Waals surface area contributed by atoms with Crippen molar-refractivity contribution in [3.8, 4) is 0 Å². The molecular weight excluding hydrogens is 362 g/mol. The summed E-state index contributed by atoms with van der Waals surface area (Å²) in [6.07, 6.45) is 1.92. The van der Waals surface area contributed by atoms with Crippen LogP contribution in [-0.4, -0.2) is 42.0 Å². The van der Waals surface area contributed by atoms with Crippen LogP contribution in [0.1, 0.15) is 23.5 Å². The zero-order valence-electron chi connectivity index (χ0n) is 13.9. The molecule has 3 heterocycles. The lowest BCUT2D eigenvalue weighted by Crippen LogP contribution is -2.27. The van der Waals surface area contributed by atoms with Gasteiger partial charge in [-0.2, -0.15) is 0 Å². The summed E-state index contributed by atoms with van der Waals surface area (Å²) in [5, 5.41) is 1.46. The van der Waals surface area contributed by atoms with E-state index >= 15 is 0 Å². The molecular formula is C17H18ClN3O3S. The van der Waals surface area contributed by atoms with E-state index in [0.29, 0.717) is 30.1 Å². The normalized spacial score (nSPS) is 19.2. The Hall–Kier alpha value is -1.83. The predicted octanol–water partition coefficient (Wildman–Crippen LogP) is 2.72. The van der Waals surface area contributed by atoms with Crippen molar-refractivity contribution in [2.24, 2.45) is 0 Å². The highest BCUT2D eigenvalue weighted by Gasteiger charge is 2.32. The number of hydrogen-bond acceptors (Lipinski definition) is 3. The molecule has 0 aliphatic carbocycles. The number of fused-ring (bicyclic) bond motifs is 3. The summed E-state index contributed by atoms with van der Waals surface area (Å²) in [7, 11) is -3.23. The van der Waals surface area contributed by atoms with Crippen molar-refractivity contribution in [3.05, 3.63) is 44.7 Å². The van der Waals surface area contributed by atoms with Crippen LogP contribution in [0.25, 0.3) is 21.9 Å². The molecule has 0 amide bonds. The molecule has 25 heavy (non-hydrogen) atoms. The number of nitrogens with zero attached hydrogens (tertiary/aromatic N) is 1. The topological polar surface area (TPSA) is 86.0 Å². The first-order valence-corrected chi connectivity index (χ1v) is 10.3. The standard InChI is InChI=1S/C17H18ClN3O3S/c1-9-14(10-5-6-21(8-10)25(2,23)24)16-15(20-17(9)22)12-7-11(18)3-4-13(12)19-16/h3-4,7,10,19H,5-6,8H2,1-2H3,(H,20,22). The maximum atomic E-state index is 12.5. The zero-order valence-corrected chi connectivity index (χ0v) is 15.5. The summed E-state index contributed by atoms with van der Waals surface area (Å²) in [6.45, 7) is 2.66. The van der Waals surface area contributed by atoms with Gasteiger partial charge in [0.05, 0.1) is 17.3 Å². The molecule has 1 atom stereocenters. The van der Waals surface area contributed by atoms with Gasteiger partial charge in [0.2, 0.25) is 10.0 Å². The maximum Gasteiger partial charge on any atom is 0.251 e. The maximum absolute atomic E-state index is 12.5. The Morgan fingerprint density at radius 3 is 2.68 bits per heavy atom. The molecule has 4 rings (SSSR count). The molecule has 1 fully saturated rings. The van der Waals surface area contributed by atoms with E-state index in [1.165, 1.54) is 10.6 Å². The fourth-order valence-electron chi connectivity index (χ4n) is 3.79. The van der Waals surface area contributed by atoms with E-state index in [9.17, 15) is 13.2 Å². The van der Waals surface area contributed by atoms with Crippen molar-refractivity contribution in [3.63, 3.8) is 0 Å². The Balaban J connectivity index is 1.96. The number of benzene rings is 1. The van der Waals surface area contributed by atoms with E-state index in [1.807, 2.05) is 12.1 Å². The van der Waals surface area contributed by atoms with Gasteiger partial charge in [0.15, 0.2) is 0 Å². The molecule has 0 radical (unpaired) electrons. The van der Waals surface area contributed by atoms with Crippen molar-refractivity contribution in [1.29, 1.82) is 0 Å². The molecule has 8 heteroatoms. The molecule has 1 aliphatic rings. The number of nitrogens with one attached hydrogen (secondary N) is 2. The highest BCUT2D eigenvalue weighted by Crippen LogP contribution is 2.36. The second-order valence-electron chi connectivity index (χ2n) is 6.66. The first-order chi connectivity index (χ1) is 11.8. The molecule has 2 N–H and O–H groups in total. The van der Waals surface area contributed by atoms with Crippen LogP contribution in [0, 0.1) is 6.92 Å². The van der Waals surface area contributed by atoms with Crippen LogP contribution in [0.3, 0.4) is 0 Å².